The Labute approximate surface area is 121 Å². The number of unbranched alkanes of at least 4 members (excludes halogenated alkanes) is 4. The van der Waals surface area contributed by atoms with Crippen molar-refractivity contribution in [2.75, 3.05) is 0 Å². The maximum absolute atomic E-state index is 6.17. The largest absolute Gasteiger partial charge is 0.347 e. The van der Waals surface area contributed by atoms with E-state index in [1.165, 1.54) is 32.1 Å². The number of hydrogen-bond donors (Lipinski definition) is 0. The van der Waals surface area contributed by atoms with Crippen LogP contribution in [0.5, 0.6) is 0 Å². The molecule has 0 N–H and O–H groups in total. The van der Waals surface area contributed by atoms with Crippen molar-refractivity contribution in [2.45, 2.75) is 111 Å². The lowest BCUT2D eigenvalue weighted by Gasteiger charge is -2.37. The van der Waals surface area contributed by atoms with Gasteiger partial charge in [0.2, 0.25) is 0 Å². The molecule has 0 unspecified atom stereocenters. The minimum atomic E-state index is -0.358. The molecule has 116 valence electrons. The van der Waals surface area contributed by atoms with Crippen LogP contribution in [0, 0.1) is 0 Å². The van der Waals surface area contributed by atoms with Gasteiger partial charge < -0.3 is 9.47 Å². The second-order valence-electron chi connectivity index (χ2n) is 6.16. The summed E-state index contributed by atoms with van der Waals surface area (Å²) >= 11 is 0. The zero-order chi connectivity index (χ0) is 14.7. The molecule has 0 fully saturated rings. The number of rotatable bonds is 12. The highest BCUT2D eigenvalue weighted by atomic mass is 16.7. The van der Waals surface area contributed by atoms with Crippen molar-refractivity contribution in [3.05, 3.63) is 0 Å². The Hall–Kier alpha value is -0.0800. The van der Waals surface area contributed by atoms with E-state index in [2.05, 4.69) is 41.5 Å². The van der Waals surface area contributed by atoms with E-state index in [9.17, 15) is 0 Å². The van der Waals surface area contributed by atoms with Gasteiger partial charge in [0.25, 0.3) is 0 Å². The molecule has 0 radical (unpaired) electrons. The smallest absolute Gasteiger partial charge is 0.168 e. The Kier molecular flexibility index (Phi) is 10.6. The van der Waals surface area contributed by atoms with Gasteiger partial charge in [-0.05, 0) is 34.1 Å². The van der Waals surface area contributed by atoms with Crippen LogP contribution in [0.15, 0.2) is 0 Å². The molecule has 0 aromatic heterocycles. The first kappa shape index (κ1) is 18.9. The predicted molar refractivity (Wildman–Crippen MR) is 83.5 cm³/mol. The lowest BCUT2D eigenvalue weighted by atomic mass is 10.0. The van der Waals surface area contributed by atoms with Crippen molar-refractivity contribution >= 4 is 0 Å². The monoisotopic (exact) mass is 272 g/mol. The van der Waals surface area contributed by atoms with Gasteiger partial charge in [0.15, 0.2) is 5.79 Å². The van der Waals surface area contributed by atoms with Crippen molar-refractivity contribution in [1.82, 2.24) is 0 Å². The molecule has 0 atom stereocenters. The summed E-state index contributed by atoms with van der Waals surface area (Å²) in [6.07, 6.45) is 10.1. The van der Waals surface area contributed by atoms with Crippen LogP contribution in [0.25, 0.3) is 0 Å². The molecule has 0 aromatic rings. The molecule has 0 heterocycles. The highest BCUT2D eigenvalue weighted by molar-refractivity contribution is 4.72. The van der Waals surface area contributed by atoms with Crippen LogP contribution >= 0.6 is 0 Å². The fraction of sp³-hybridized carbons (Fsp3) is 1.00. The van der Waals surface area contributed by atoms with Gasteiger partial charge in [-0.1, -0.05) is 46.0 Å². The average Bonchev–Trinajstić information content (AvgIpc) is 2.27. The second kappa shape index (κ2) is 10.7. The summed E-state index contributed by atoms with van der Waals surface area (Å²) in [7, 11) is 0. The van der Waals surface area contributed by atoms with Gasteiger partial charge in [-0.25, -0.2) is 0 Å². The zero-order valence-corrected chi connectivity index (χ0v) is 14.1. The SMILES string of the molecule is CCCCCCCC(CCC)(OC(C)C)OC(C)C. The topological polar surface area (TPSA) is 18.5 Å². The van der Waals surface area contributed by atoms with Crippen LogP contribution in [0.3, 0.4) is 0 Å². The summed E-state index contributed by atoms with van der Waals surface area (Å²) in [4.78, 5) is 0. The zero-order valence-electron chi connectivity index (χ0n) is 14.1. The van der Waals surface area contributed by atoms with E-state index in [4.69, 9.17) is 9.47 Å². The molecule has 0 saturated heterocycles. The van der Waals surface area contributed by atoms with E-state index < -0.39 is 0 Å². The minimum Gasteiger partial charge on any atom is -0.347 e. The first-order valence-electron chi connectivity index (χ1n) is 8.31. The van der Waals surface area contributed by atoms with Crippen LogP contribution in [-0.2, 0) is 9.47 Å². The van der Waals surface area contributed by atoms with Gasteiger partial charge >= 0.3 is 0 Å². The van der Waals surface area contributed by atoms with E-state index in [0.29, 0.717) is 0 Å². The summed E-state index contributed by atoms with van der Waals surface area (Å²) in [6.45, 7) is 12.9. The van der Waals surface area contributed by atoms with Crippen LogP contribution in [-0.4, -0.2) is 18.0 Å². The first-order valence-corrected chi connectivity index (χ1v) is 8.31. The van der Waals surface area contributed by atoms with Crippen molar-refractivity contribution in [1.29, 1.82) is 0 Å². The van der Waals surface area contributed by atoms with Crippen molar-refractivity contribution < 1.29 is 9.47 Å². The third-order valence-corrected chi connectivity index (χ3v) is 3.19. The van der Waals surface area contributed by atoms with Crippen LogP contribution < -0.4 is 0 Å². The van der Waals surface area contributed by atoms with Crippen molar-refractivity contribution in [3.8, 4) is 0 Å². The lowest BCUT2D eigenvalue weighted by Crippen LogP contribution is -2.40. The Morgan fingerprint density at radius 2 is 1.21 bits per heavy atom. The minimum absolute atomic E-state index is 0.223. The maximum atomic E-state index is 6.17. The summed E-state index contributed by atoms with van der Waals surface area (Å²) in [6, 6.07) is 0. The molecule has 0 amide bonds. The molecule has 2 heteroatoms. The van der Waals surface area contributed by atoms with Gasteiger partial charge in [0, 0.05) is 12.8 Å². The molecular weight excluding hydrogens is 236 g/mol. The summed E-state index contributed by atoms with van der Waals surface area (Å²) in [5.41, 5.74) is 0. The molecule has 0 rings (SSSR count). The Morgan fingerprint density at radius 3 is 1.63 bits per heavy atom. The second-order valence-corrected chi connectivity index (χ2v) is 6.16. The highest BCUT2D eigenvalue weighted by Crippen LogP contribution is 2.30. The molecule has 0 aromatic carbocycles. The lowest BCUT2D eigenvalue weighted by molar-refractivity contribution is -0.276. The van der Waals surface area contributed by atoms with Gasteiger partial charge in [0.1, 0.15) is 0 Å². The quantitative estimate of drug-likeness (QED) is 0.335. The molecule has 19 heavy (non-hydrogen) atoms. The molecule has 0 aliphatic carbocycles. The summed E-state index contributed by atoms with van der Waals surface area (Å²) in [5, 5.41) is 0. The van der Waals surface area contributed by atoms with Crippen molar-refractivity contribution in [2.24, 2.45) is 0 Å². The van der Waals surface area contributed by atoms with Gasteiger partial charge in [-0.3, -0.25) is 0 Å². The standard InChI is InChI=1S/C17H36O2/c1-7-9-10-11-12-14-17(13-8-2,18-15(3)4)19-16(5)6/h15-16H,7-14H2,1-6H3. The van der Waals surface area contributed by atoms with Crippen LogP contribution in [0.4, 0.5) is 0 Å². The summed E-state index contributed by atoms with van der Waals surface area (Å²) < 4.78 is 12.3. The third kappa shape index (κ3) is 9.45. The maximum Gasteiger partial charge on any atom is 0.168 e. The van der Waals surface area contributed by atoms with Gasteiger partial charge in [-0.2, -0.15) is 0 Å². The number of ether oxygens (including phenoxy) is 2. The van der Waals surface area contributed by atoms with E-state index in [-0.39, 0.29) is 18.0 Å². The Bertz CT molecular complexity index is 189. The van der Waals surface area contributed by atoms with Crippen LogP contribution in [0.2, 0.25) is 0 Å². The first-order chi connectivity index (χ1) is 8.95. The predicted octanol–water partition coefficient (Wildman–Crippen LogP) is 5.69. The molecular formula is C17H36O2. The molecule has 0 bridgehead atoms. The van der Waals surface area contributed by atoms with Crippen LogP contribution in [0.1, 0.15) is 92.9 Å². The molecule has 0 spiro atoms. The average molecular weight is 272 g/mol. The van der Waals surface area contributed by atoms with E-state index >= 15 is 0 Å². The summed E-state index contributed by atoms with van der Waals surface area (Å²) in [5.74, 6) is -0.358. The Morgan fingerprint density at radius 1 is 0.684 bits per heavy atom. The van der Waals surface area contributed by atoms with Gasteiger partial charge in [-0.15, -0.1) is 0 Å². The molecule has 0 aliphatic heterocycles. The van der Waals surface area contributed by atoms with Crippen molar-refractivity contribution in [3.63, 3.8) is 0 Å². The Balaban J connectivity index is 4.41. The molecule has 0 aliphatic rings. The molecule has 0 saturated carbocycles. The highest BCUT2D eigenvalue weighted by Gasteiger charge is 2.32. The van der Waals surface area contributed by atoms with E-state index in [0.717, 1.165) is 19.3 Å². The normalized spacial score (nSPS) is 12.6. The number of hydrogen-bond acceptors (Lipinski definition) is 2. The molecule has 2 nitrogen and oxygen atoms in total. The third-order valence-electron chi connectivity index (χ3n) is 3.19. The van der Waals surface area contributed by atoms with Gasteiger partial charge in [0.05, 0.1) is 12.2 Å². The fourth-order valence-corrected chi connectivity index (χ4v) is 2.63. The van der Waals surface area contributed by atoms with E-state index in [1.54, 1.807) is 0 Å². The van der Waals surface area contributed by atoms with E-state index in [1.807, 2.05) is 0 Å². The fourth-order valence-electron chi connectivity index (χ4n) is 2.63.